The number of nitrogens with one attached hydrogen (secondary N) is 2. The Bertz CT molecular complexity index is 237. The summed E-state index contributed by atoms with van der Waals surface area (Å²) < 4.78 is 0. The average molecular weight is 211 g/mol. The first-order chi connectivity index (χ1) is 7.00. The number of hydrazone groups is 1. The van der Waals surface area contributed by atoms with Crippen LogP contribution in [0.1, 0.15) is 40.0 Å². The quantitative estimate of drug-likeness (QED) is 0.534. The van der Waals surface area contributed by atoms with E-state index in [9.17, 15) is 4.79 Å². The first-order valence-electron chi connectivity index (χ1n) is 5.57. The predicted molar refractivity (Wildman–Crippen MR) is 61.7 cm³/mol. The molecule has 1 amide bonds. The molecule has 0 saturated carbocycles. The van der Waals surface area contributed by atoms with E-state index in [2.05, 4.69) is 15.8 Å². The number of carbonyl (C=O) groups excluding carboxylic acids is 1. The first-order valence-corrected chi connectivity index (χ1v) is 5.57. The van der Waals surface area contributed by atoms with Gasteiger partial charge in [-0.05, 0) is 19.4 Å². The Kier molecular flexibility index (Phi) is 4.27. The van der Waals surface area contributed by atoms with Crippen LogP contribution in [0.5, 0.6) is 0 Å². The molecule has 1 atom stereocenters. The fraction of sp³-hybridized carbons (Fsp3) is 0.818. The Morgan fingerprint density at radius 2 is 2.20 bits per heavy atom. The van der Waals surface area contributed by atoms with Crippen LogP contribution >= 0.6 is 0 Å². The van der Waals surface area contributed by atoms with Crippen LogP contribution in [0.2, 0.25) is 0 Å². The van der Waals surface area contributed by atoms with Gasteiger partial charge in [0.05, 0.1) is 0 Å². The van der Waals surface area contributed by atoms with E-state index in [1.165, 1.54) is 12.8 Å². The van der Waals surface area contributed by atoms with Crippen molar-refractivity contribution < 1.29 is 4.79 Å². The lowest BCUT2D eigenvalue weighted by molar-refractivity contribution is -0.128. The second-order valence-electron chi connectivity index (χ2n) is 5.03. The van der Waals surface area contributed by atoms with Crippen molar-refractivity contribution in [1.82, 2.24) is 10.7 Å². The zero-order valence-corrected chi connectivity index (χ0v) is 9.84. The van der Waals surface area contributed by atoms with Crippen molar-refractivity contribution in [2.45, 2.75) is 46.1 Å². The van der Waals surface area contributed by atoms with Gasteiger partial charge >= 0.3 is 0 Å². The topological polar surface area (TPSA) is 53.5 Å². The zero-order valence-electron chi connectivity index (χ0n) is 9.84. The van der Waals surface area contributed by atoms with Gasteiger partial charge in [-0.3, -0.25) is 4.79 Å². The van der Waals surface area contributed by atoms with Crippen molar-refractivity contribution in [2.75, 3.05) is 6.54 Å². The number of hydrogen-bond donors (Lipinski definition) is 2. The molecule has 4 heteroatoms. The highest BCUT2D eigenvalue weighted by molar-refractivity contribution is 5.82. The molecular weight excluding hydrogens is 190 g/mol. The second-order valence-corrected chi connectivity index (χ2v) is 5.03. The molecule has 1 unspecified atom stereocenters. The highest BCUT2D eigenvalue weighted by Crippen LogP contribution is 2.12. The third-order valence-corrected chi connectivity index (χ3v) is 2.45. The van der Waals surface area contributed by atoms with Crippen LogP contribution in [-0.4, -0.2) is 24.7 Å². The van der Waals surface area contributed by atoms with E-state index in [-0.39, 0.29) is 11.3 Å². The van der Waals surface area contributed by atoms with Crippen molar-refractivity contribution in [1.29, 1.82) is 0 Å². The molecule has 0 radical (unpaired) electrons. The monoisotopic (exact) mass is 211 g/mol. The molecule has 1 fully saturated rings. The van der Waals surface area contributed by atoms with E-state index in [1.54, 1.807) is 6.21 Å². The molecule has 0 aromatic heterocycles. The lowest BCUT2D eigenvalue weighted by Gasteiger charge is -2.19. The van der Waals surface area contributed by atoms with Crippen LogP contribution in [0.3, 0.4) is 0 Å². The Balaban J connectivity index is 2.29. The second kappa shape index (κ2) is 5.26. The van der Waals surface area contributed by atoms with Gasteiger partial charge in [0, 0.05) is 17.7 Å². The number of rotatable bonds is 2. The smallest absolute Gasteiger partial charge is 0.245 e. The molecule has 0 aromatic carbocycles. The average Bonchev–Trinajstić information content (AvgIpc) is 2.18. The van der Waals surface area contributed by atoms with E-state index in [0.29, 0.717) is 6.04 Å². The first kappa shape index (κ1) is 12.2. The molecule has 0 aliphatic carbocycles. The van der Waals surface area contributed by atoms with Gasteiger partial charge in [0.2, 0.25) is 5.91 Å². The van der Waals surface area contributed by atoms with Gasteiger partial charge < -0.3 is 5.32 Å². The van der Waals surface area contributed by atoms with Crippen molar-refractivity contribution in [3.8, 4) is 0 Å². The number of nitrogens with zero attached hydrogens (tertiary/aromatic N) is 1. The lowest BCUT2D eigenvalue weighted by atomic mass is 9.96. The molecule has 1 aliphatic heterocycles. The Morgan fingerprint density at radius 3 is 2.73 bits per heavy atom. The highest BCUT2D eigenvalue weighted by Gasteiger charge is 2.20. The summed E-state index contributed by atoms with van der Waals surface area (Å²) in [7, 11) is 0. The lowest BCUT2D eigenvalue weighted by Crippen LogP contribution is -2.37. The minimum Gasteiger partial charge on any atom is -0.309 e. The van der Waals surface area contributed by atoms with Crippen LogP contribution in [0.4, 0.5) is 0 Å². The number of hydrogen-bond acceptors (Lipinski definition) is 3. The third-order valence-electron chi connectivity index (χ3n) is 2.45. The number of piperidine rings is 1. The van der Waals surface area contributed by atoms with E-state index in [1.807, 2.05) is 20.8 Å². The summed E-state index contributed by atoms with van der Waals surface area (Å²) in [6, 6.07) is 0.319. The maximum Gasteiger partial charge on any atom is 0.245 e. The summed E-state index contributed by atoms with van der Waals surface area (Å²) in [5.74, 6) is -0.0467. The normalized spacial score (nSPS) is 23.0. The zero-order chi connectivity index (χ0) is 11.3. The fourth-order valence-electron chi connectivity index (χ4n) is 1.36. The summed E-state index contributed by atoms with van der Waals surface area (Å²) in [5.41, 5.74) is 2.18. The SMILES string of the molecule is CC(C)(C)C(=O)N/N=C\C1CCCCN1. The summed E-state index contributed by atoms with van der Waals surface area (Å²) in [5, 5.41) is 7.31. The van der Waals surface area contributed by atoms with Gasteiger partial charge in [0.1, 0.15) is 0 Å². The molecule has 15 heavy (non-hydrogen) atoms. The molecule has 0 spiro atoms. The van der Waals surface area contributed by atoms with Crippen molar-refractivity contribution >= 4 is 12.1 Å². The van der Waals surface area contributed by atoms with E-state index >= 15 is 0 Å². The molecule has 1 heterocycles. The molecule has 1 saturated heterocycles. The van der Waals surface area contributed by atoms with Gasteiger partial charge in [-0.2, -0.15) is 5.10 Å². The summed E-state index contributed by atoms with van der Waals surface area (Å²) >= 11 is 0. The largest absolute Gasteiger partial charge is 0.309 e. The molecule has 1 rings (SSSR count). The standard InChI is InChI=1S/C11H21N3O/c1-11(2,3)10(15)14-13-8-9-6-4-5-7-12-9/h8-9,12H,4-7H2,1-3H3,(H,14,15)/b13-8-. The van der Waals surface area contributed by atoms with Gasteiger partial charge in [-0.1, -0.05) is 27.2 Å². The van der Waals surface area contributed by atoms with Crippen LogP contribution in [0, 0.1) is 5.41 Å². The summed E-state index contributed by atoms with van der Waals surface area (Å²) in [4.78, 5) is 11.5. The minimum absolute atomic E-state index is 0.0467. The highest BCUT2D eigenvalue weighted by atomic mass is 16.2. The summed E-state index contributed by atoms with van der Waals surface area (Å²) in [6.07, 6.45) is 5.37. The molecule has 0 bridgehead atoms. The van der Waals surface area contributed by atoms with E-state index in [4.69, 9.17) is 0 Å². The van der Waals surface area contributed by atoms with Gasteiger partial charge in [-0.25, -0.2) is 5.43 Å². The Hall–Kier alpha value is -0.900. The fourth-order valence-corrected chi connectivity index (χ4v) is 1.36. The molecule has 86 valence electrons. The maximum absolute atomic E-state index is 11.5. The third kappa shape index (κ3) is 4.42. The van der Waals surface area contributed by atoms with Crippen molar-refractivity contribution in [2.24, 2.45) is 10.5 Å². The van der Waals surface area contributed by atoms with Crippen LogP contribution in [0.15, 0.2) is 5.10 Å². The van der Waals surface area contributed by atoms with E-state index < -0.39 is 0 Å². The predicted octanol–water partition coefficient (Wildman–Crippen LogP) is 1.28. The van der Waals surface area contributed by atoms with Crippen LogP contribution in [-0.2, 0) is 4.79 Å². The van der Waals surface area contributed by atoms with E-state index in [0.717, 1.165) is 13.0 Å². The molecule has 1 aliphatic rings. The maximum atomic E-state index is 11.5. The van der Waals surface area contributed by atoms with Gasteiger partial charge in [0.15, 0.2) is 0 Å². The molecular formula is C11H21N3O. The summed E-state index contributed by atoms with van der Waals surface area (Å²) in [6.45, 7) is 6.66. The van der Waals surface area contributed by atoms with Gasteiger partial charge in [0.25, 0.3) is 0 Å². The van der Waals surface area contributed by atoms with Crippen LogP contribution in [0.25, 0.3) is 0 Å². The Morgan fingerprint density at radius 1 is 1.47 bits per heavy atom. The molecule has 4 nitrogen and oxygen atoms in total. The minimum atomic E-state index is -0.378. The number of carbonyl (C=O) groups is 1. The molecule has 2 N–H and O–H groups in total. The molecule has 0 aromatic rings. The number of amides is 1. The van der Waals surface area contributed by atoms with Crippen LogP contribution < -0.4 is 10.7 Å². The van der Waals surface area contributed by atoms with Gasteiger partial charge in [-0.15, -0.1) is 0 Å². The van der Waals surface area contributed by atoms with Crippen molar-refractivity contribution in [3.63, 3.8) is 0 Å². The Labute approximate surface area is 91.5 Å². The van der Waals surface area contributed by atoms with Crippen molar-refractivity contribution in [3.05, 3.63) is 0 Å².